The van der Waals surface area contributed by atoms with E-state index in [-0.39, 0.29) is 5.54 Å². The molecule has 0 heterocycles. The molecule has 0 spiro atoms. The zero-order valence-corrected chi connectivity index (χ0v) is 11.3. The summed E-state index contributed by atoms with van der Waals surface area (Å²) in [4.78, 5) is 4.58. The highest BCUT2D eigenvalue weighted by atomic mass is 14.9. The van der Waals surface area contributed by atoms with E-state index in [9.17, 15) is 0 Å². The molecule has 1 N–H and O–H groups in total. The van der Waals surface area contributed by atoms with Gasteiger partial charge in [-0.05, 0) is 46.6 Å². The van der Waals surface area contributed by atoms with Crippen LogP contribution in [0.3, 0.4) is 0 Å². The highest BCUT2D eigenvalue weighted by Gasteiger charge is 2.06. The van der Waals surface area contributed by atoms with Gasteiger partial charge in [-0.15, -0.1) is 0 Å². The first kappa shape index (κ1) is 14.2. The van der Waals surface area contributed by atoms with Gasteiger partial charge in [0.2, 0.25) is 0 Å². The van der Waals surface area contributed by atoms with Crippen LogP contribution in [-0.2, 0) is 0 Å². The van der Waals surface area contributed by atoms with E-state index in [4.69, 9.17) is 0 Å². The molecule has 0 aliphatic rings. The molecule has 0 atom stereocenters. The van der Waals surface area contributed by atoms with Crippen LogP contribution in [0.1, 0.15) is 48.5 Å². The van der Waals surface area contributed by atoms with Gasteiger partial charge in [-0.2, -0.15) is 0 Å². The molecule has 0 rings (SSSR count). The van der Waals surface area contributed by atoms with E-state index in [0.717, 1.165) is 12.3 Å². The molecule has 0 unspecified atom stereocenters. The van der Waals surface area contributed by atoms with Crippen LogP contribution in [0.25, 0.3) is 0 Å². The Bertz CT molecular complexity index is 242. The maximum Gasteiger partial charge on any atom is 0.0527 e. The molecule has 0 saturated heterocycles. The molecular formula is C13H26N2. The number of nitrogens with zero attached hydrogens (tertiary/aromatic N) is 1. The number of nitrogens with one attached hydrogen (secondary N) is 1. The van der Waals surface area contributed by atoms with Crippen molar-refractivity contribution in [3.05, 3.63) is 11.8 Å². The first-order valence-corrected chi connectivity index (χ1v) is 5.69. The summed E-state index contributed by atoms with van der Waals surface area (Å²) in [5, 5.41) is 3.38. The van der Waals surface area contributed by atoms with Gasteiger partial charge in [-0.3, -0.25) is 4.99 Å². The Hall–Kier alpha value is -0.790. The second kappa shape index (κ2) is 5.94. The maximum atomic E-state index is 4.58. The lowest BCUT2D eigenvalue weighted by Gasteiger charge is -2.13. The van der Waals surface area contributed by atoms with Crippen LogP contribution in [0.2, 0.25) is 0 Å². The van der Waals surface area contributed by atoms with Crippen molar-refractivity contribution >= 4 is 5.71 Å². The lowest BCUT2D eigenvalue weighted by atomic mass is 10.1. The van der Waals surface area contributed by atoms with Crippen molar-refractivity contribution in [2.75, 3.05) is 6.54 Å². The minimum atomic E-state index is 0.0128. The Balaban J connectivity index is 4.29. The molecule has 15 heavy (non-hydrogen) atoms. The highest BCUT2D eigenvalue weighted by Crippen LogP contribution is 2.07. The Morgan fingerprint density at radius 1 is 1.27 bits per heavy atom. The van der Waals surface area contributed by atoms with Gasteiger partial charge in [-0.25, -0.2) is 0 Å². The van der Waals surface area contributed by atoms with Crippen LogP contribution in [0, 0.1) is 5.92 Å². The van der Waals surface area contributed by atoms with E-state index < -0.39 is 0 Å². The molecular weight excluding hydrogens is 184 g/mol. The summed E-state index contributed by atoms with van der Waals surface area (Å²) in [6, 6.07) is 0. The molecule has 0 aromatic heterocycles. The molecule has 0 aromatic rings. The van der Waals surface area contributed by atoms with E-state index in [0.29, 0.717) is 5.92 Å². The van der Waals surface area contributed by atoms with Crippen molar-refractivity contribution in [3.63, 3.8) is 0 Å². The smallest absolute Gasteiger partial charge is 0.0527 e. The quantitative estimate of drug-likeness (QED) is 0.707. The van der Waals surface area contributed by atoms with Gasteiger partial charge in [0.25, 0.3) is 0 Å². The SMILES string of the molecule is CC(=CC(C)=NC(C)(C)C)NCC(C)C. The van der Waals surface area contributed by atoms with Gasteiger partial charge < -0.3 is 5.32 Å². The van der Waals surface area contributed by atoms with Gasteiger partial charge >= 0.3 is 0 Å². The average molecular weight is 210 g/mol. The largest absolute Gasteiger partial charge is 0.388 e. The fourth-order valence-electron chi connectivity index (χ4n) is 1.29. The molecule has 0 fully saturated rings. The first-order chi connectivity index (χ1) is 6.70. The Morgan fingerprint density at radius 2 is 1.80 bits per heavy atom. The summed E-state index contributed by atoms with van der Waals surface area (Å²) in [6.45, 7) is 15.9. The average Bonchev–Trinajstić information content (AvgIpc) is 1.96. The molecule has 0 aromatic carbocycles. The summed E-state index contributed by atoms with van der Waals surface area (Å²) in [5.41, 5.74) is 2.28. The minimum absolute atomic E-state index is 0.0128. The lowest BCUT2D eigenvalue weighted by Crippen LogP contribution is -2.18. The Labute approximate surface area is 94.9 Å². The second-order valence-electron chi connectivity index (χ2n) is 5.53. The highest BCUT2D eigenvalue weighted by molar-refractivity contribution is 5.93. The van der Waals surface area contributed by atoms with Crippen molar-refractivity contribution in [2.24, 2.45) is 10.9 Å². The molecule has 0 aliphatic carbocycles. The summed E-state index contributed by atoms with van der Waals surface area (Å²) in [6.07, 6.45) is 2.10. The molecule has 2 heteroatoms. The maximum absolute atomic E-state index is 4.58. The fourth-order valence-corrected chi connectivity index (χ4v) is 1.29. The van der Waals surface area contributed by atoms with Gasteiger partial charge in [0.1, 0.15) is 0 Å². The van der Waals surface area contributed by atoms with Crippen LogP contribution in [0.15, 0.2) is 16.8 Å². The van der Waals surface area contributed by atoms with Crippen LogP contribution in [-0.4, -0.2) is 17.8 Å². The molecule has 0 saturated carbocycles. The molecule has 0 amide bonds. The van der Waals surface area contributed by atoms with Crippen LogP contribution < -0.4 is 5.32 Å². The number of hydrogen-bond donors (Lipinski definition) is 1. The van der Waals surface area contributed by atoms with Crippen LogP contribution >= 0.6 is 0 Å². The van der Waals surface area contributed by atoms with Gasteiger partial charge in [0.05, 0.1) is 5.54 Å². The standard InChI is InChI=1S/C13H26N2/c1-10(2)9-14-11(3)8-12(4)15-13(5,6)7/h8,10,14H,9H2,1-7H3. The van der Waals surface area contributed by atoms with Crippen molar-refractivity contribution in [3.8, 4) is 0 Å². The van der Waals surface area contributed by atoms with Gasteiger partial charge in [0.15, 0.2) is 0 Å². The molecule has 0 aliphatic heterocycles. The summed E-state index contributed by atoms with van der Waals surface area (Å²) in [7, 11) is 0. The summed E-state index contributed by atoms with van der Waals surface area (Å²) >= 11 is 0. The third-order valence-electron chi connectivity index (χ3n) is 1.73. The molecule has 0 bridgehead atoms. The van der Waals surface area contributed by atoms with E-state index in [2.05, 4.69) is 57.9 Å². The molecule has 0 radical (unpaired) electrons. The Morgan fingerprint density at radius 3 is 2.20 bits per heavy atom. The predicted octanol–water partition coefficient (Wildman–Crippen LogP) is 3.40. The third kappa shape index (κ3) is 9.51. The summed E-state index contributed by atoms with van der Waals surface area (Å²) < 4.78 is 0. The topological polar surface area (TPSA) is 24.4 Å². The normalized spacial score (nSPS) is 14.7. The summed E-state index contributed by atoms with van der Waals surface area (Å²) in [5.74, 6) is 0.674. The zero-order valence-electron chi connectivity index (χ0n) is 11.3. The van der Waals surface area contributed by atoms with Gasteiger partial charge in [0, 0.05) is 18.0 Å². The van der Waals surface area contributed by atoms with E-state index in [1.807, 2.05) is 6.92 Å². The van der Waals surface area contributed by atoms with Crippen molar-refractivity contribution in [2.45, 2.75) is 54.0 Å². The third-order valence-corrected chi connectivity index (χ3v) is 1.73. The van der Waals surface area contributed by atoms with E-state index >= 15 is 0 Å². The lowest BCUT2D eigenvalue weighted by molar-refractivity contribution is 0.583. The van der Waals surface area contributed by atoms with Crippen molar-refractivity contribution in [1.82, 2.24) is 5.32 Å². The number of hydrogen-bond acceptors (Lipinski definition) is 2. The number of allylic oxidation sites excluding steroid dienone is 2. The van der Waals surface area contributed by atoms with Gasteiger partial charge in [-0.1, -0.05) is 13.8 Å². The second-order valence-corrected chi connectivity index (χ2v) is 5.53. The van der Waals surface area contributed by atoms with Crippen molar-refractivity contribution in [1.29, 1.82) is 0 Å². The Kier molecular flexibility index (Phi) is 5.63. The zero-order chi connectivity index (χ0) is 12.1. The predicted molar refractivity (Wildman–Crippen MR) is 69.5 cm³/mol. The first-order valence-electron chi connectivity index (χ1n) is 5.69. The van der Waals surface area contributed by atoms with Crippen LogP contribution in [0.5, 0.6) is 0 Å². The van der Waals surface area contributed by atoms with E-state index in [1.54, 1.807) is 0 Å². The minimum Gasteiger partial charge on any atom is -0.388 e. The molecule has 2 nitrogen and oxygen atoms in total. The van der Waals surface area contributed by atoms with E-state index in [1.165, 1.54) is 5.70 Å². The van der Waals surface area contributed by atoms with Crippen molar-refractivity contribution < 1.29 is 0 Å². The monoisotopic (exact) mass is 210 g/mol. The number of aliphatic imine (C=N–C) groups is 1. The fraction of sp³-hybridized carbons (Fsp3) is 0.769. The molecule has 88 valence electrons. The number of rotatable bonds is 4. The van der Waals surface area contributed by atoms with Crippen LogP contribution in [0.4, 0.5) is 0 Å².